The van der Waals surface area contributed by atoms with Crippen molar-refractivity contribution in [1.82, 2.24) is 29.7 Å². The first-order valence-corrected chi connectivity index (χ1v) is 12.5. The van der Waals surface area contributed by atoms with E-state index in [-0.39, 0.29) is 18.3 Å². The van der Waals surface area contributed by atoms with Crippen LogP contribution in [0.25, 0.3) is 22.4 Å². The SMILES string of the molecule is CC(=O)Nc1cc(N(c2ccncc2)c2ccncc2)nc(-c2nn(Cc3ccccc3F)c3ccccc23)n1. The van der Waals surface area contributed by atoms with Crippen LogP contribution < -0.4 is 10.2 Å². The number of halogens is 1. The monoisotopic (exact) mass is 530 g/mol. The van der Waals surface area contributed by atoms with Gasteiger partial charge in [-0.2, -0.15) is 5.10 Å². The summed E-state index contributed by atoms with van der Waals surface area (Å²) in [6.07, 6.45) is 6.77. The van der Waals surface area contributed by atoms with Crippen LogP contribution in [0.5, 0.6) is 0 Å². The summed E-state index contributed by atoms with van der Waals surface area (Å²) in [5.41, 5.74) is 3.42. The van der Waals surface area contributed by atoms with E-state index in [4.69, 9.17) is 10.1 Å². The predicted octanol–water partition coefficient (Wildman–Crippen LogP) is 5.90. The zero-order chi connectivity index (χ0) is 27.5. The maximum absolute atomic E-state index is 14.5. The first kappa shape index (κ1) is 24.8. The highest BCUT2D eigenvalue weighted by atomic mass is 19.1. The minimum Gasteiger partial charge on any atom is -0.311 e. The van der Waals surface area contributed by atoms with E-state index in [2.05, 4.69) is 20.3 Å². The number of pyridine rings is 2. The van der Waals surface area contributed by atoms with E-state index in [0.29, 0.717) is 28.7 Å². The van der Waals surface area contributed by atoms with Crippen molar-refractivity contribution in [3.8, 4) is 11.5 Å². The number of benzene rings is 2. The van der Waals surface area contributed by atoms with Crippen LogP contribution in [0.4, 0.5) is 27.4 Å². The summed E-state index contributed by atoms with van der Waals surface area (Å²) in [7, 11) is 0. The topological polar surface area (TPSA) is 102 Å². The van der Waals surface area contributed by atoms with Gasteiger partial charge in [0.15, 0.2) is 5.82 Å². The third-order valence-electron chi connectivity index (χ3n) is 6.24. The number of hydrogen-bond donors (Lipinski definition) is 1. The number of nitrogens with one attached hydrogen (secondary N) is 1. The van der Waals surface area contributed by atoms with Crippen LogP contribution in [0.2, 0.25) is 0 Å². The van der Waals surface area contributed by atoms with Crippen molar-refractivity contribution in [2.24, 2.45) is 0 Å². The fourth-order valence-electron chi connectivity index (χ4n) is 4.50. The van der Waals surface area contributed by atoms with Gasteiger partial charge in [0.2, 0.25) is 5.91 Å². The van der Waals surface area contributed by atoms with E-state index in [9.17, 15) is 9.18 Å². The number of rotatable bonds is 7. The lowest BCUT2D eigenvalue weighted by Gasteiger charge is -2.24. The molecule has 196 valence electrons. The largest absolute Gasteiger partial charge is 0.311 e. The normalized spacial score (nSPS) is 10.9. The second-order valence-corrected chi connectivity index (χ2v) is 8.98. The summed E-state index contributed by atoms with van der Waals surface area (Å²) < 4.78 is 16.3. The highest BCUT2D eigenvalue weighted by Gasteiger charge is 2.21. The van der Waals surface area contributed by atoms with Crippen molar-refractivity contribution in [1.29, 1.82) is 0 Å². The van der Waals surface area contributed by atoms with E-state index >= 15 is 0 Å². The second kappa shape index (κ2) is 10.7. The molecule has 9 nitrogen and oxygen atoms in total. The molecule has 0 saturated heterocycles. The summed E-state index contributed by atoms with van der Waals surface area (Å²) in [6, 6.07) is 23.4. The molecule has 0 aliphatic carbocycles. The Balaban J connectivity index is 1.54. The van der Waals surface area contributed by atoms with Gasteiger partial charge in [0.05, 0.1) is 23.4 Å². The number of nitrogens with zero attached hydrogens (tertiary/aromatic N) is 7. The molecule has 1 amide bonds. The fourth-order valence-corrected chi connectivity index (χ4v) is 4.50. The van der Waals surface area contributed by atoms with Crippen LogP contribution in [-0.4, -0.2) is 35.6 Å². The summed E-state index contributed by atoms with van der Waals surface area (Å²) in [5.74, 6) is 0.537. The molecule has 2 aromatic carbocycles. The van der Waals surface area contributed by atoms with Crippen molar-refractivity contribution in [2.75, 3.05) is 10.2 Å². The van der Waals surface area contributed by atoms with Gasteiger partial charge in [0.25, 0.3) is 0 Å². The smallest absolute Gasteiger partial charge is 0.222 e. The molecule has 0 atom stereocenters. The summed E-state index contributed by atoms with van der Waals surface area (Å²) in [4.78, 5) is 31.9. The molecule has 0 unspecified atom stereocenters. The van der Waals surface area contributed by atoms with Gasteiger partial charge in [-0.1, -0.05) is 36.4 Å². The highest BCUT2D eigenvalue weighted by Crippen LogP contribution is 2.35. The van der Waals surface area contributed by atoms with Crippen molar-refractivity contribution < 1.29 is 9.18 Å². The Morgan fingerprint density at radius 2 is 1.52 bits per heavy atom. The Hall–Kier alpha value is -5.51. The number of fused-ring (bicyclic) bond motifs is 1. The number of carbonyl (C=O) groups is 1. The first-order valence-electron chi connectivity index (χ1n) is 12.5. The molecule has 0 bridgehead atoms. The van der Waals surface area contributed by atoms with Crippen LogP contribution in [0.3, 0.4) is 0 Å². The van der Waals surface area contributed by atoms with E-state index in [1.165, 1.54) is 13.0 Å². The number of carbonyl (C=O) groups excluding carboxylic acids is 1. The second-order valence-electron chi connectivity index (χ2n) is 8.98. The van der Waals surface area contributed by atoms with Gasteiger partial charge >= 0.3 is 0 Å². The van der Waals surface area contributed by atoms with Crippen LogP contribution in [-0.2, 0) is 11.3 Å². The maximum atomic E-state index is 14.5. The lowest BCUT2D eigenvalue weighted by molar-refractivity contribution is -0.114. The van der Waals surface area contributed by atoms with Crippen molar-refractivity contribution in [2.45, 2.75) is 13.5 Å². The molecule has 0 fully saturated rings. The number of anilines is 4. The van der Waals surface area contributed by atoms with Gasteiger partial charge in [-0.05, 0) is 36.4 Å². The molecule has 4 heterocycles. The molecule has 0 aliphatic heterocycles. The van der Waals surface area contributed by atoms with Gasteiger partial charge in [0, 0.05) is 48.7 Å². The number of aromatic nitrogens is 6. The molecule has 4 aromatic heterocycles. The lowest BCUT2D eigenvalue weighted by Crippen LogP contribution is -2.15. The lowest BCUT2D eigenvalue weighted by atomic mass is 10.2. The van der Waals surface area contributed by atoms with E-state index in [1.54, 1.807) is 53.7 Å². The Morgan fingerprint density at radius 3 is 2.20 bits per heavy atom. The zero-order valence-corrected chi connectivity index (χ0v) is 21.4. The Bertz CT molecular complexity index is 1770. The summed E-state index contributed by atoms with van der Waals surface area (Å²) in [5, 5.41) is 8.42. The fraction of sp³-hybridized carbons (Fsp3) is 0.0667. The van der Waals surface area contributed by atoms with Gasteiger partial charge < -0.3 is 5.32 Å². The van der Waals surface area contributed by atoms with Crippen LogP contribution in [0.1, 0.15) is 12.5 Å². The standard InChI is InChI=1S/C30H23FN8O/c1-20(40)34-27-18-28(39(22-10-14-32-15-11-22)23-12-16-33-17-13-23)36-30(35-27)29-24-7-3-5-9-26(24)38(37-29)19-21-6-2-4-8-25(21)31/h2-18H,19H2,1H3,(H,34,35,36,40). The number of hydrogen-bond acceptors (Lipinski definition) is 7. The molecule has 0 radical (unpaired) electrons. The maximum Gasteiger partial charge on any atom is 0.222 e. The van der Waals surface area contributed by atoms with Gasteiger partial charge in [-0.25, -0.2) is 14.4 Å². The molecule has 6 rings (SSSR count). The van der Waals surface area contributed by atoms with Crippen LogP contribution in [0.15, 0.2) is 104 Å². The molecule has 0 aliphatic rings. The van der Waals surface area contributed by atoms with Crippen molar-refractivity contribution in [3.05, 3.63) is 115 Å². The van der Waals surface area contributed by atoms with E-state index < -0.39 is 0 Å². The minimum absolute atomic E-state index is 0.228. The molecule has 40 heavy (non-hydrogen) atoms. The van der Waals surface area contributed by atoms with Gasteiger partial charge in [-0.15, -0.1) is 0 Å². The summed E-state index contributed by atoms with van der Waals surface area (Å²) >= 11 is 0. The third kappa shape index (κ3) is 4.97. The van der Waals surface area contributed by atoms with Gasteiger partial charge in [-0.3, -0.25) is 24.3 Å². The average Bonchev–Trinajstić information content (AvgIpc) is 3.34. The van der Waals surface area contributed by atoms with Crippen molar-refractivity contribution in [3.63, 3.8) is 0 Å². The Labute approximate surface area is 229 Å². The molecule has 6 aromatic rings. The molecule has 1 N–H and O–H groups in total. The number of para-hydroxylation sites is 1. The molecule has 10 heteroatoms. The van der Waals surface area contributed by atoms with E-state index in [1.807, 2.05) is 53.4 Å². The van der Waals surface area contributed by atoms with E-state index in [0.717, 1.165) is 22.3 Å². The molecule has 0 saturated carbocycles. The van der Waals surface area contributed by atoms with Gasteiger partial charge in [0.1, 0.15) is 23.1 Å². The number of amides is 1. The zero-order valence-electron chi connectivity index (χ0n) is 21.4. The average molecular weight is 531 g/mol. The molecular weight excluding hydrogens is 507 g/mol. The first-order chi connectivity index (χ1) is 19.6. The minimum atomic E-state index is -0.305. The van der Waals surface area contributed by atoms with Crippen LogP contribution >= 0.6 is 0 Å². The quantitative estimate of drug-likeness (QED) is 0.274. The van der Waals surface area contributed by atoms with Crippen molar-refractivity contribution >= 4 is 39.8 Å². The third-order valence-corrected chi connectivity index (χ3v) is 6.24. The summed E-state index contributed by atoms with van der Waals surface area (Å²) in [6.45, 7) is 1.65. The molecule has 0 spiro atoms. The Morgan fingerprint density at radius 1 is 0.875 bits per heavy atom. The van der Waals surface area contributed by atoms with Crippen LogP contribution in [0, 0.1) is 5.82 Å². The molecular formula is C30H23FN8O. The predicted molar refractivity (Wildman–Crippen MR) is 151 cm³/mol. The Kier molecular flexibility index (Phi) is 6.63. The highest BCUT2D eigenvalue weighted by molar-refractivity contribution is 5.93.